The van der Waals surface area contributed by atoms with Gasteiger partial charge in [-0.3, -0.25) is 0 Å². The normalized spacial score (nSPS) is 17.0. The molecule has 130 valence electrons. The Morgan fingerprint density at radius 2 is 2.04 bits per heavy atom. The third-order valence-corrected chi connectivity index (χ3v) is 4.99. The number of anilines is 1. The summed E-state index contributed by atoms with van der Waals surface area (Å²) in [4.78, 5) is 14.3. The number of hydrogen-bond donors (Lipinski definition) is 2. The van der Waals surface area contributed by atoms with E-state index in [0.29, 0.717) is 5.82 Å². The number of fused-ring (bicyclic) bond motifs is 1. The highest BCUT2D eigenvalue weighted by atomic mass is 16.5. The van der Waals surface area contributed by atoms with Crippen molar-refractivity contribution in [3.63, 3.8) is 0 Å². The van der Waals surface area contributed by atoms with E-state index in [-0.39, 0.29) is 5.92 Å². The van der Waals surface area contributed by atoms with Crippen molar-refractivity contribution in [2.75, 3.05) is 25.1 Å². The standard InChI is InChI=1S/C19H22N4O2/c1-25-15-4-2-13-3-5-17(22-16(13)12-15)23-10-6-14(7-11-23)18(24)19-20-8-9-21-19/h2-5,8-9,12,14,18,24H,6-7,10-11H2,1H3,(H,20,21). The van der Waals surface area contributed by atoms with Crippen molar-refractivity contribution in [3.05, 3.63) is 48.5 Å². The molecule has 0 spiro atoms. The number of benzene rings is 1. The summed E-state index contributed by atoms with van der Waals surface area (Å²) >= 11 is 0. The maximum absolute atomic E-state index is 10.4. The number of nitrogens with zero attached hydrogens (tertiary/aromatic N) is 3. The first kappa shape index (κ1) is 15.9. The average Bonchev–Trinajstić information content (AvgIpc) is 3.21. The van der Waals surface area contributed by atoms with Crippen molar-refractivity contribution in [1.82, 2.24) is 15.0 Å². The predicted octanol–water partition coefficient (Wildman–Crippen LogP) is 2.92. The Hall–Kier alpha value is -2.60. The molecule has 2 N–H and O–H groups in total. The molecule has 3 heterocycles. The number of pyridine rings is 1. The maximum Gasteiger partial charge on any atom is 0.135 e. The lowest BCUT2D eigenvalue weighted by Gasteiger charge is -2.34. The van der Waals surface area contributed by atoms with Crippen LogP contribution < -0.4 is 9.64 Å². The minimum Gasteiger partial charge on any atom is -0.497 e. The van der Waals surface area contributed by atoms with Crippen LogP contribution in [0.1, 0.15) is 24.8 Å². The highest BCUT2D eigenvalue weighted by Crippen LogP contribution is 2.31. The van der Waals surface area contributed by atoms with Crippen LogP contribution in [0.2, 0.25) is 0 Å². The fourth-order valence-electron chi connectivity index (χ4n) is 3.50. The summed E-state index contributed by atoms with van der Waals surface area (Å²) in [6.07, 6.45) is 4.74. The molecule has 1 aromatic carbocycles. The second-order valence-electron chi connectivity index (χ2n) is 6.47. The number of rotatable bonds is 4. The second kappa shape index (κ2) is 6.72. The molecule has 2 aromatic heterocycles. The van der Waals surface area contributed by atoms with E-state index in [2.05, 4.69) is 27.0 Å². The number of aromatic amines is 1. The summed E-state index contributed by atoms with van der Waals surface area (Å²) in [5.41, 5.74) is 0.939. The molecule has 1 unspecified atom stereocenters. The largest absolute Gasteiger partial charge is 0.497 e. The van der Waals surface area contributed by atoms with Crippen LogP contribution in [0.3, 0.4) is 0 Å². The molecule has 0 amide bonds. The highest BCUT2D eigenvalue weighted by molar-refractivity contribution is 5.81. The topological polar surface area (TPSA) is 74.3 Å². The third kappa shape index (κ3) is 3.17. The van der Waals surface area contributed by atoms with Gasteiger partial charge in [-0.25, -0.2) is 9.97 Å². The molecule has 1 aliphatic rings. The van der Waals surface area contributed by atoms with Gasteiger partial charge in [0.1, 0.15) is 23.5 Å². The first-order chi connectivity index (χ1) is 12.2. The monoisotopic (exact) mass is 338 g/mol. The molecule has 1 aliphatic heterocycles. The second-order valence-corrected chi connectivity index (χ2v) is 6.47. The highest BCUT2D eigenvalue weighted by Gasteiger charge is 2.28. The number of hydrogen-bond acceptors (Lipinski definition) is 5. The van der Waals surface area contributed by atoms with E-state index in [1.54, 1.807) is 19.5 Å². The van der Waals surface area contributed by atoms with Crippen LogP contribution in [0.5, 0.6) is 5.75 Å². The molecule has 1 atom stereocenters. The molecule has 25 heavy (non-hydrogen) atoms. The smallest absolute Gasteiger partial charge is 0.135 e. The summed E-state index contributed by atoms with van der Waals surface area (Å²) in [6.45, 7) is 1.76. The Morgan fingerprint density at radius 3 is 2.76 bits per heavy atom. The molecule has 6 heteroatoms. The number of H-pyrrole nitrogens is 1. The summed E-state index contributed by atoms with van der Waals surface area (Å²) in [5.74, 6) is 2.68. The third-order valence-electron chi connectivity index (χ3n) is 4.99. The zero-order chi connectivity index (χ0) is 17.2. The van der Waals surface area contributed by atoms with Crippen LogP contribution in [0, 0.1) is 5.92 Å². The first-order valence-corrected chi connectivity index (χ1v) is 8.61. The minimum atomic E-state index is -0.522. The fraction of sp³-hybridized carbons (Fsp3) is 0.368. The lowest BCUT2D eigenvalue weighted by molar-refractivity contribution is 0.0856. The summed E-state index contributed by atoms with van der Waals surface area (Å²) in [6, 6.07) is 10.1. The Morgan fingerprint density at radius 1 is 1.24 bits per heavy atom. The first-order valence-electron chi connectivity index (χ1n) is 8.61. The molecule has 0 bridgehead atoms. The lowest BCUT2D eigenvalue weighted by atomic mass is 9.91. The van der Waals surface area contributed by atoms with Gasteiger partial charge in [0.05, 0.1) is 12.6 Å². The van der Waals surface area contributed by atoms with Gasteiger partial charge in [0.15, 0.2) is 0 Å². The molecule has 0 radical (unpaired) electrons. The average molecular weight is 338 g/mol. The predicted molar refractivity (Wildman–Crippen MR) is 96.8 cm³/mol. The van der Waals surface area contributed by atoms with E-state index in [9.17, 15) is 5.11 Å². The Bertz CT molecular complexity index is 842. The van der Waals surface area contributed by atoms with Gasteiger partial charge in [0.2, 0.25) is 0 Å². The van der Waals surface area contributed by atoms with Gasteiger partial charge in [0, 0.05) is 36.9 Å². The fourth-order valence-corrected chi connectivity index (χ4v) is 3.50. The van der Waals surface area contributed by atoms with Crippen molar-refractivity contribution in [3.8, 4) is 5.75 Å². The number of aliphatic hydroxyl groups excluding tert-OH is 1. The van der Waals surface area contributed by atoms with Crippen molar-refractivity contribution < 1.29 is 9.84 Å². The van der Waals surface area contributed by atoms with Gasteiger partial charge in [-0.15, -0.1) is 0 Å². The van der Waals surface area contributed by atoms with Crippen LogP contribution in [-0.2, 0) is 0 Å². The zero-order valence-electron chi connectivity index (χ0n) is 14.2. The summed E-state index contributed by atoms with van der Waals surface area (Å²) in [7, 11) is 1.67. The molecule has 6 nitrogen and oxygen atoms in total. The number of aromatic nitrogens is 3. The van der Waals surface area contributed by atoms with Crippen LogP contribution in [0.15, 0.2) is 42.7 Å². The zero-order valence-corrected chi connectivity index (χ0v) is 14.2. The van der Waals surface area contributed by atoms with Gasteiger partial charge >= 0.3 is 0 Å². The van der Waals surface area contributed by atoms with Crippen molar-refractivity contribution >= 4 is 16.7 Å². The molecule has 1 fully saturated rings. The van der Waals surface area contributed by atoms with Gasteiger partial charge in [-0.05, 0) is 43.0 Å². The Labute approximate surface area is 146 Å². The van der Waals surface area contributed by atoms with Crippen molar-refractivity contribution in [1.29, 1.82) is 0 Å². The molecule has 4 rings (SSSR count). The molecule has 1 saturated heterocycles. The molecular formula is C19H22N4O2. The van der Waals surface area contributed by atoms with Crippen LogP contribution in [0.25, 0.3) is 10.9 Å². The van der Waals surface area contributed by atoms with E-state index >= 15 is 0 Å². The van der Waals surface area contributed by atoms with E-state index in [0.717, 1.165) is 48.4 Å². The molecule has 0 saturated carbocycles. The summed E-state index contributed by atoms with van der Waals surface area (Å²) < 4.78 is 5.29. The SMILES string of the molecule is COc1ccc2ccc(N3CCC(C(O)c4ncc[nH]4)CC3)nc2c1. The number of methoxy groups -OCH3 is 1. The van der Waals surface area contributed by atoms with Crippen LogP contribution >= 0.6 is 0 Å². The number of aliphatic hydroxyl groups is 1. The lowest BCUT2D eigenvalue weighted by Crippen LogP contribution is -2.36. The maximum atomic E-state index is 10.4. The van der Waals surface area contributed by atoms with Crippen molar-refractivity contribution in [2.24, 2.45) is 5.92 Å². The van der Waals surface area contributed by atoms with Crippen molar-refractivity contribution in [2.45, 2.75) is 18.9 Å². The molecule has 3 aromatic rings. The van der Waals surface area contributed by atoms with Gasteiger partial charge in [-0.2, -0.15) is 0 Å². The van der Waals surface area contributed by atoms with Gasteiger partial charge in [-0.1, -0.05) is 0 Å². The van der Waals surface area contributed by atoms with Gasteiger partial charge < -0.3 is 19.7 Å². The number of imidazole rings is 1. The van der Waals surface area contributed by atoms with E-state index in [4.69, 9.17) is 9.72 Å². The van der Waals surface area contributed by atoms with E-state index in [1.807, 2.05) is 18.2 Å². The minimum absolute atomic E-state index is 0.225. The quantitative estimate of drug-likeness (QED) is 0.765. The Kier molecular flexibility index (Phi) is 4.28. The van der Waals surface area contributed by atoms with E-state index in [1.165, 1.54) is 0 Å². The Balaban J connectivity index is 1.47. The number of piperidine rings is 1. The van der Waals surface area contributed by atoms with Crippen LogP contribution in [-0.4, -0.2) is 40.3 Å². The summed E-state index contributed by atoms with van der Waals surface area (Å²) in [5, 5.41) is 11.6. The van der Waals surface area contributed by atoms with Gasteiger partial charge in [0.25, 0.3) is 0 Å². The van der Waals surface area contributed by atoms with E-state index < -0.39 is 6.10 Å². The number of ether oxygens (including phenoxy) is 1. The molecular weight excluding hydrogens is 316 g/mol. The van der Waals surface area contributed by atoms with Crippen LogP contribution in [0.4, 0.5) is 5.82 Å². The number of nitrogens with one attached hydrogen (secondary N) is 1. The molecule has 0 aliphatic carbocycles.